The Labute approximate surface area is 113 Å². The molecule has 0 aliphatic carbocycles. The minimum Gasteiger partial charge on any atom is -0.399 e. The van der Waals surface area contributed by atoms with E-state index in [1.165, 1.54) is 0 Å². The summed E-state index contributed by atoms with van der Waals surface area (Å²) in [6.45, 7) is 1.79. The summed E-state index contributed by atoms with van der Waals surface area (Å²) in [6, 6.07) is 6.90. The Morgan fingerprint density at radius 3 is 2.79 bits per heavy atom. The zero-order chi connectivity index (χ0) is 14.0. The van der Waals surface area contributed by atoms with E-state index < -0.39 is 9.84 Å². The summed E-state index contributed by atoms with van der Waals surface area (Å²) in [5.74, 6) is -0.299. The van der Waals surface area contributed by atoms with Crippen LogP contribution in [0.1, 0.15) is 24.8 Å². The molecule has 0 aromatic heterocycles. The van der Waals surface area contributed by atoms with Crippen LogP contribution in [0.4, 0.5) is 5.69 Å². The van der Waals surface area contributed by atoms with Crippen molar-refractivity contribution in [3.05, 3.63) is 29.8 Å². The Bertz CT molecular complexity index is 583. The Balaban J connectivity index is 2.00. The summed E-state index contributed by atoms with van der Waals surface area (Å²) in [7, 11) is -2.97. The van der Waals surface area contributed by atoms with Crippen molar-refractivity contribution in [3.8, 4) is 0 Å². The molecule has 1 aliphatic heterocycles. The molecule has 2 unspecified atom stereocenters. The van der Waals surface area contributed by atoms with Crippen LogP contribution in [0, 0.1) is 0 Å². The first kappa shape index (κ1) is 13.9. The van der Waals surface area contributed by atoms with Gasteiger partial charge in [0.2, 0.25) is 5.91 Å². The largest absolute Gasteiger partial charge is 0.399 e. The van der Waals surface area contributed by atoms with Gasteiger partial charge in [-0.1, -0.05) is 12.1 Å². The molecule has 0 bridgehead atoms. The first-order valence-corrected chi connectivity index (χ1v) is 8.06. The van der Waals surface area contributed by atoms with Crippen molar-refractivity contribution in [1.82, 2.24) is 5.32 Å². The number of sulfone groups is 1. The molecule has 3 N–H and O–H groups in total. The molecule has 0 radical (unpaired) electrons. The summed E-state index contributed by atoms with van der Waals surface area (Å²) >= 11 is 0. The first-order chi connectivity index (χ1) is 8.87. The Morgan fingerprint density at radius 2 is 2.21 bits per heavy atom. The van der Waals surface area contributed by atoms with Crippen molar-refractivity contribution in [3.63, 3.8) is 0 Å². The molecule has 2 rings (SSSR count). The fourth-order valence-corrected chi connectivity index (χ4v) is 3.89. The summed E-state index contributed by atoms with van der Waals surface area (Å²) < 4.78 is 22.7. The Morgan fingerprint density at radius 1 is 1.47 bits per heavy atom. The average Bonchev–Trinajstić information content (AvgIpc) is 2.67. The minimum atomic E-state index is -2.97. The van der Waals surface area contributed by atoms with Crippen LogP contribution < -0.4 is 11.1 Å². The van der Waals surface area contributed by atoms with Crippen molar-refractivity contribution >= 4 is 21.4 Å². The van der Waals surface area contributed by atoms with Gasteiger partial charge in [0.25, 0.3) is 0 Å². The second kappa shape index (κ2) is 5.21. The van der Waals surface area contributed by atoms with Crippen LogP contribution in [0.15, 0.2) is 24.3 Å². The van der Waals surface area contributed by atoms with Crippen LogP contribution in [0.5, 0.6) is 0 Å². The quantitative estimate of drug-likeness (QED) is 0.798. The number of carbonyl (C=O) groups excluding carboxylic acids is 1. The molecule has 0 spiro atoms. The molecule has 6 heteroatoms. The van der Waals surface area contributed by atoms with E-state index in [4.69, 9.17) is 5.73 Å². The van der Waals surface area contributed by atoms with E-state index in [0.717, 1.165) is 5.56 Å². The van der Waals surface area contributed by atoms with Gasteiger partial charge in [-0.3, -0.25) is 4.79 Å². The lowest BCUT2D eigenvalue weighted by Crippen LogP contribution is -2.38. The van der Waals surface area contributed by atoms with E-state index in [1.807, 2.05) is 6.07 Å². The smallest absolute Gasteiger partial charge is 0.227 e. The molecule has 1 aromatic rings. The third kappa shape index (κ3) is 3.47. The highest BCUT2D eigenvalue weighted by atomic mass is 32.2. The predicted molar refractivity (Wildman–Crippen MR) is 74.5 cm³/mol. The highest BCUT2D eigenvalue weighted by molar-refractivity contribution is 7.91. The molecule has 1 saturated heterocycles. The standard InChI is InChI=1S/C13H18N2O3S/c1-9(10-3-2-4-11(14)7-10)13(16)15-12-5-6-19(17,18)8-12/h2-4,7,9,12H,5-6,8,14H2,1H3,(H,15,16). The van der Waals surface area contributed by atoms with Gasteiger partial charge in [-0.2, -0.15) is 0 Å². The fraction of sp³-hybridized carbons (Fsp3) is 0.462. The summed E-state index contributed by atoms with van der Waals surface area (Å²) in [6.07, 6.45) is 0.498. The Kier molecular flexibility index (Phi) is 3.80. The number of hydrogen-bond acceptors (Lipinski definition) is 4. The summed E-state index contributed by atoms with van der Waals surface area (Å²) in [5.41, 5.74) is 7.13. The van der Waals surface area contributed by atoms with E-state index in [0.29, 0.717) is 12.1 Å². The van der Waals surface area contributed by atoms with Gasteiger partial charge in [0, 0.05) is 11.7 Å². The molecular formula is C13H18N2O3S. The predicted octanol–water partition coefficient (Wildman–Crippen LogP) is 0.676. The van der Waals surface area contributed by atoms with E-state index >= 15 is 0 Å². The first-order valence-electron chi connectivity index (χ1n) is 6.23. The second-order valence-corrected chi connectivity index (χ2v) is 7.23. The maximum absolute atomic E-state index is 12.1. The van der Waals surface area contributed by atoms with E-state index in [9.17, 15) is 13.2 Å². The van der Waals surface area contributed by atoms with E-state index in [2.05, 4.69) is 5.32 Å². The number of benzene rings is 1. The zero-order valence-corrected chi connectivity index (χ0v) is 11.6. The average molecular weight is 282 g/mol. The molecule has 1 aliphatic rings. The van der Waals surface area contributed by atoms with Crippen molar-refractivity contribution in [2.24, 2.45) is 0 Å². The van der Waals surface area contributed by atoms with Gasteiger partial charge in [-0.25, -0.2) is 8.42 Å². The molecule has 5 nitrogen and oxygen atoms in total. The molecule has 1 aromatic carbocycles. The van der Waals surface area contributed by atoms with Crippen LogP contribution in [-0.4, -0.2) is 31.9 Å². The zero-order valence-electron chi connectivity index (χ0n) is 10.8. The van der Waals surface area contributed by atoms with Crippen molar-refractivity contribution < 1.29 is 13.2 Å². The molecule has 1 amide bonds. The molecule has 0 saturated carbocycles. The third-order valence-electron chi connectivity index (χ3n) is 3.38. The van der Waals surface area contributed by atoms with Crippen LogP contribution in [0.2, 0.25) is 0 Å². The number of amides is 1. The number of hydrogen-bond donors (Lipinski definition) is 2. The van der Waals surface area contributed by atoms with Gasteiger partial charge >= 0.3 is 0 Å². The lowest BCUT2D eigenvalue weighted by Gasteiger charge is -2.16. The van der Waals surface area contributed by atoms with Crippen LogP contribution in [0.3, 0.4) is 0 Å². The Hall–Kier alpha value is -1.56. The lowest BCUT2D eigenvalue weighted by molar-refractivity contribution is -0.122. The number of nitrogen functional groups attached to an aromatic ring is 1. The number of nitrogens with one attached hydrogen (secondary N) is 1. The van der Waals surface area contributed by atoms with Crippen molar-refractivity contribution in [2.45, 2.75) is 25.3 Å². The maximum Gasteiger partial charge on any atom is 0.227 e. The summed E-state index contributed by atoms with van der Waals surface area (Å²) in [4.78, 5) is 12.1. The third-order valence-corrected chi connectivity index (χ3v) is 5.15. The number of rotatable bonds is 3. The van der Waals surface area contributed by atoms with E-state index in [-0.39, 0.29) is 29.4 Å². The second-order valence-electron chi connectivity index (χ2n) is 5.00. The maximum atomic E-state index is 12.1. The van der Waals surface area contributed by atoms with Gasteiger partial charge < -0.3 is 11.1 Å². The number of anilines is 1. The topological polar surface area (TPSA) is 89.3 Å². The SMILES string of the molecule is CC(C(=O)NC1CCS(=O)(=O)C1)c1cccc(N)c1. The fourth-order valence-electron chi connectivity index (χ4n) is 2.21. The summed E-state index contributed by atoms with van der Waals surface area (Å²) in [5, 5.41) is 2.79. The molecule has 1 fully saturated rings. The van der Waals surface area contributed by atoms with Gasteiger partial charge in [0.05, 0.1) is 17.4 Å². The van der Waals surface area contributed by atoms with Gasteiger partial charge in [-0.05, 0) is 31.0 Å². The highest BCUT2D eigenvalue weighted by Crippen LogP contribution is 2.19. The monoisotopic (exact) mass is 282 g/mol. The highest BCUT2D eigenvalue weighted by Gasteiger charge is 2.30. The lowest BCUT2D eigenvalue weighted by atomic mass is 9.99. The normalized spacial score (nSPS) is 22.9. The number of nitrogens with two attached hydrogens (primary N) is 1. The van der Waals surface area contributed by atoms with Gasteiger partial charge in [-0.15, -0.1) is 0 Å². The van der Waals surface area contributed by atoms with Crippen LogP contribution >= 0.6 is 0 Å². The van der Waals surface area contributed by atoms with E-state index in [1.54, 1.807) is 25.1 Å². The molecule has 19 heavy (non-hydrogen) atoms. The van der Waals surface area contributed by atoms with Crippen LogP contribution in [0.25, 0.3) is 0 Å². The van der Waals surface area contributed by atoms with Gasteiger partial charge in [0.15, 0.2) is 9.84 Å². The molecule has 2 atom stereocenters. The van der Waals surface area contributed by atoms with Crippen molar-refractivity contribution in [2.75, 3.05) is 17.2 Å². The van der Waals surface area contributed by atoms with Gasteiger partial charge in [0.1, 0.15) is 0 Å². The molecule has 1 heterocycles. The minimum absolute atomic E-state index is 0.0440. The molecule has 104 valence electrons. The number of carbonyl (C=O) groups is 1. The molecular weight excluding hydrogens is 264 g/mol. The van der Waals surface area contributed by atoms with Crippen LogP contribution in [-0.2, 0) is 14.6 Å². The van der Waals surface area contributed by atoms with Crippen molar-refractivity contribution in [1.29, 1.82) is 0 Å².